The molecule has 1 atom stereocenters. The molecule has 0 bridgehead atoms. The van der Waals surface area contributed by atoms with Gasteiger partial charge in [0.15, 0.2) is 5.75 Å². The van der Waals surface area contributed by atoms with Gasteiger partial charge in [-0.1, -0.05) is 25.8 Å². The van der Waals surface area contributed by atoms with E-state index < -0.39 is 4.92 Å². The predicted molar refractivity (Wildman–Crippen MR) is 77.4 cm³/mol. The van der Waals surface area contributed by atoms with Crippen LogP contribution in [0, 0.1) is 15.5 Å². The summed E-state index contributed by atoms with van der Waals surface area (Å²) in [6.07, 6.45) is 4.73. The van der Waals surface area contributed by atoms with E-state index in [-0.39, 0.29) is 23.0 Å². The Balaban J connectivity index is 1.85. The number of nitro groups is 1. The van der Waals surface area contributed by atoms with Gasteiger partial charge < -0.3 is 4.74 Å². The molecular formula is C16H19NO4. The van der Waals surface area contributed by atoms with Gasteiger partial charge in [0.1, 0.15) is 11.9 Å². The summed E-state index contributed by atoms with van der Waals surface area (Å²) < 4.78 is 5.89. The number of nitrogens with zero attached hydrogens (tertiary/aromatic N) is 1. The van der Waals surface area contributed by atoms with E-state index in [0.717, 1.165) is 37.7 Å². The number of hydrogen-bond acceptors (Lipinski definition) is 4. The molecule has 5 nitrogen and oxygen atoms in total. The van der Waals surface area contributed by atoms with E-state index in [4.69, 9.17) is 4.74 Å². The molecular weight excluding hydrogens is 270 g/mol. The van der Waals surface area contributed by atoms with E-state index >= 15 is 0 Å². The van der Waals surface area contributed by atoms with Crippen LogP contribution in [0.15, 0.2) is 18.2 Å². The molecule has 1 aromatic carbocycles. The van der Waals surface area contributed by atoms with Crippen LogP contribution >= 0.6 is 0 Å². The van der Waals surface area contributed by atoms with Gasteiger partial charge in [-0.3, -0.25) is 14.9 Å². The van der Waals surface area contributed by atoms with Crippen molar-refractivity contribution in [2.45, 2.75) is 51.6 Å². The minimum Gasteiger partial charge on any atom is -0.482 e. The van der Waals surface area contributed by atoms with Gasteiger partial charge in [-0.25, -0.2) is 0 Å². The highest BCUT2D eigenvalue weighted by Gasteiger charge is 2.57. The summed E-state index contributed by atoms with van der Waals surface area (Å²) in [7, 11) is 0. The number of hydrogen-bond donors (Lipinski definition) is 0. The molecule has 3 rings (SSSR count). The maximum absolute atomic E-state index is 12.0. The predicted octanol–water partition coefficient (Wildman–Crippen LogP) is 3.44. The topological polar surface area (TPSA) is 69.4 Å². The number of benzene rings is 1. The van der Waals surface area contributed by atoms with Crippen LogP contribution in [0.25, 0.3) is 0 Å². The monoisotopic (exact) mass is 289 g/mol. The van der Waals surface area contributed by atoms with Crippen molar-refractivity contribution in [1.82, 2.24) is 0 Å². The Morgan fingerprint density at radius 3 is 2.67 bits per heavy atom. The molecule has 2 aliphatic rings. The molecule has 0 N–H and O–H groups in total. The molecule has 2 fully saturated rings. The Morgan fingerprint density at radius 1 is 1.38 bits per heavy atom. The third-order valence-corrected chi connectivity index (χ3v) is 4.94. The fourth-order valence-corrected chi connectivity index (χ4v) is 3.56. The molecule has 0 saturated heterocycles. The summed E-state index contributed by atoms with van der Waals surface area (Å²) in [6.45, 7) is 1.96. The van der Waals surface area contributed by atoms with Gasteiger partial charge in [-0.15, -0.1) is 0 Å². The molecule has 2 aliphatic carbocycles. The normalized spacial score (nSPS) is 23.1. The second-order valence-corrected chi connectivity index (χ2v) is 6.01. The van der Waals surface area contributed by atoms with E-state index in [1.807, 2.05) is 13.0 Å². The van der Waals surface area contributed by atoms with Gasteiger partial charge in [0.25, 0.3) is 0 Å². The van der Waals surface area contributed by atoms with Crippen molar-refractivity contribution in [1.29, 1.82) is 0 Å². The van der Waals surface area contributed by atoms with Crippen molar-refractivity contribution in [3.63, 3.8) is 0 Å². The lowest BCUT2D eigenvalue weighted by atomic mass is 9.63. The Bertz CT molecular complexity index is 590. The largest absolute Gasteiger partial charge is 0.482 e. The van der Waals surface area contributed by atoms with Gasteiger partial charge in [0, 0.05) is 12.5 Å². The Hall–Kier alpha value is -1.91. The van der Waals surface area contributed by atoms with Crippen LogP contribution in [0.1, 0.15) is 44.6 Å². The Morgan fingerprint density at radius 2 is 2.10 bits per heavy atom. The third kappa shape index (κ3) is 2.20. The first-order valence-electron chi connectivity index (χ1n) is 7.54. The quantitative estimate of drug-likeness (QED) is 0.629. The highest BCUT2D eigenvalue weighted by Crippen LogP contribution is 2.52. The lowest BCUT2D eigenvalue weighted by Crippen LogP contribution is -2.55. The number of carbonyl (C=O) groups is 1. The molecule has 1 spiro atoms. The third-order valence-electron chi connectivity index (χ3n) is 4.94. The first-order chi connectivity index (χ1) is 10.1. The number of Topliss-reactive ketones (excluding diaryl/α,β-unsaturated/α-hetero) is 1. The lowest BCUT2D eigenvalue weighted by Gasteiger charge is -2.44. The Kier molecular flexibility index (Phi) is 3.43. The Labute approximate surface area is 123 Å². The van der Waals surface area contributed by atoms with Crippen LogP contribution in [0.4, 0.5) is 5.69 Å². The zero-order valence-corrected chi connectivity index (χ0v) is 12.1. The van der Waals surface area contributed by atoms with Crippen LogP contribution in [0.2, 0.25) is 0 Å². The highest BCUT2D eigenvalue weighted by molar-refractivity contribution is 5.92. The van der Waals surface area contributed by atoms with Crippen LogP contribution in [-0.2, 0) is 11.2 Å². The SMILES string of the molecule is CCc1ccc(OC2CC(=O)C23CCCC3)c([N+](=O)[O-])c1. The zero-order chi connectivity index (χ0) is 15.0. The second kappa shape index (κ2) is 5.13. The number of aryl methyl sites for hydroxylation is 1. The summed E-state index contributed by atoms with van der Waals surface area (Å²) >= 11 is 0. The molecule has 0 aromatic heterocycles. The van der Waals surface area contributed by atoms with Crippen LogP contribution in [-0.4, -0.2) is 16.8 Å². The standard InChI is InChI=1S/C16H19NO4/c1-2-11-5-6-13(12(9-11)17(19)20)21-15-10-14(18)16(15)7-3-4-8-16/h5-6,9,15H,2-4,7-8,10H2,1H3. The first kappa shape index (κ1) is 14.0. The summed E-state index contributed by atoms with van der Waals surface area (Å²) in [6, 6.07) is 5.09. The first-order valence-corrected chi connectivity index (χ1v) is 7.54. The van der Waals surface area contributed by atoms with Crippen LogP contribution < -0.4 is 4.74 Å². The minimum atomic E-state index is -0.406. The van der Waals surface area contributed by atoms with E-state index in [0.29, 0.717) is 12.2 Å². The lowest BCUT2D eigenvalue weighted by molar-refractivity contribution is -0.386. The van der Waals surface area contributed by atoms with Crippen LogP contribution in [0.3, 0.4) is 0 Å². The van der Waals surface area contributed by atoms with Gasteiger partial charge in [-0.05, 0) is 30.9 Å². The highest BCUT2D eigenvalue weighted by atomic mass is 16.6. The molecule has 2 saturated carbocycles. The molecule has 112 valence electrons. The molecule has 21 heavy (non-hydrogen) atoms. The van der Waals surface area contributed by atoms with Gasteiger partial charge >= 0.3 is 5.69 Å². The van der Waals surface area contributed by atoms with E-state index in [9.17, 15) is 14.9 Å². The van der Waals surface area contributed by atoms with Crippen molar-refractivity contribution in [3.8, 4) is 5.75 Å². The molecule has 0 radical (unpaired) electrons. The maximum atomic E-state index is 12.0. The average molecular weight is 289 g/mol. The number of rotatable bonds is 4. The number of ether oxygens (including phenoxy) is 1. The van der Waals surface area contributed by atoms with Crippen molar-refractivity contribution >= 4 is 11.5 Å². The zero-order valence-electron chi connectivity index (χ0n) is 12.1. The molecule has 0 amide bonds. The summed E-state index contributed by atoms with van der Waals surface area (Å²) in [4.78, 5) is 22.8. The van der Waals surface area contributed by atoms with E-state index in [1.54, 1.807) is 12.1 Å². The summed E-state index contributed by atoms with van der Waals surface area (Å²) in [5.41, 5.74) is 0.549. The number of carbonyl (C=O) groups excluding carboxylic acids is 1. The fraction of sp³-hybridized carbons (Fsp3) is 0.562. The smallest absolute Gasteiger partial charge is 0.311 e. The minimum absolute atomic E-state index is 0.00171. The van der Waals surface area contributed by atoms with E-state index in [2.05, 4.69) is 0 Å². The van der Waals surface area contributed by atoms with Crippen molar-refractivity contribution in [2.24, 2.45) is 5.41 Å². The van der Waals surface area contributed by atoms with E-state index in [1.165, 1.54) is 0 Å². The van der Waals surface area contributed by atoms with Gasteiger partial charge in [0.2, 0.25) is 0 Å². The molecule has 1 aromatic rings. The number of ketones is 1. The van der Waals surface area contributed by atoms with Crippen molar-refractivity contribution < 1.29 is 14.5 Å². The average Bonchev–Trinajstić information content (AvgIpc) is 2.99. The number of nitro benzene ring substituents is 1. The summed E-state index contributed by atoms with van der Waals surface area (Å²) in [5, 5.41) is 11.2. The van der Waals surface area contributed by atoms with Gasteiger partial charge in [0.05, 0.1) is 10.3 Å². The van der Waals surface area contributed by atoms with Crippen molar-refractivity contribution in [3.05, 3.63) is 33.9 Å². The molecule has 0 aliphatic heterocycles. The maximum Gasteiger partial charge on any atom is 0.311 e. The second-order valence-electron chi connectivity index (χ2n) is 6.01. The van der Waals surface area contributed by atoms with Gasteiger partial charge in [-0.2, -0.15) is 0 Å². The fourth-order valence-electron chi connectivity index (χ4n) is 3.56. The summed E-state index contributed by atoms with van der Waals surface area (Å²) in [5.74, 6) is 0.554. The molecule has 1 unspecified atom stereocenters. The molecule has 0 heterocycles. The molecule has 5 heteroatoms. The van der Waals surface area contributed by atoms with Crippen LogP contribution in [0.5, 0.6) is 5.75 Å². The van der Waals surface area contributed by atoms with Crippen molar-refractivity contribution in [2.75, 3.05) is 0 Å².